The minimum Gasteiger partial charge on any atom is -0.407 e. The molecule has 0 aromatic heterocycles. The van der Waals surface area contributed by atoms with Gasteiger partial charge in [0.1, 0.15) is 5.82 Å². The highest BCUT2D eigenvalue weighted by atomic mass is 28.4. The molecule has 0 unspecified atom stereocenters. The van der Waals surface area contributed by atoms with Crippen LogP contribution in [-0.2, 0) is 14.8 Å². The van der Waals surface area contributed by atoms with Crippen molar-refractivity contribution in [1.82, 2.24) is 0 Å². The first-order chi connectivity index (χ1) is 10.4. The number of rotatable bonds is 5. The van der Waals surface area contributed by atoms with E-state index in [9.17, 15) is 9.18 Å². The summed E-state index contributed by atoms with van der Waals surface area (Å²) in [5.41, 5.74) is 1.01. The summed E-state index contributed by atoms with van der Waals surface area (Å²) < 4.78 is 21.2. The Morgan fingerprint density at radius 2 is 1.87 bits per heavy atom. The van der Waals surface area contributed by atoms with Gasteiger partial charge in [-0.25, -0.2) is 4.39 Å². The molecule has 0 saturated heterocycles. The van der Waals surface area contributed by atoms with Crippen LogP contribution in [0.5, 0.6) is 0 Å². The van der Waals surface area contributed by atoms with Gasteiger partial charge in [-0.05, 0) is 49.5 Å². The van der Waals surface area contributed by atoms with E-state index in [-0.39, 0.29) is 16.6 Å². The second-order valence-corrected chi connectivity index (χ2v) is 12.8. The van der Waals surface area contributed by atoms with Crippen molar-refractivity contribution in [2.75, 3.05) is 0 Å². The molecule has 1 aliphatic carbocycles. The maximum absolute atomic E-state index is 14.7. The Morgan fingerprint density at radius 1 is 1.30 bits per heavy atom. The summed E-state index contributed by atoms with van der Waals surface area (Å²) in [6.45, 7) is 16.1. The van der Waals surface area contributed by atoms with Gasteiger partial charge in [0.05, 0.1) is 5.60 Å². The molecule has 1 aliphatic rings. The van der Waals surface area contributed by atoms with Gasteiger partial charge in [-0.1, -0.05) is 39.5 Å². The SMILES string of the molecule is C=C(C(C)=O)c1ccc(C2(O[Si](C)(C)C(C)(C)C)CC2)c(F)c1. The molecule has 2 rings (SSSR count). The maximum atomic E-state index is 14.7. The lowest BCUT2D eigenvalue weighted by molar-refractivity contribution is -0.111. The molecule has 1 aromatic rings. The van der Waals surface area contributed by atoms with E-state index in [2.05, 4.69) is 40.4 Å². The summed E-state index contributed by atoms with van der Waals surface area (Å²) in [4.78, 5) is 11.4. The Morgan fingerprint density at radius 3 is 2.26 bits per heavy atom. The Kier molecular flexibility index (Phi) is 4.46. The number of halogens is 1. The molecule has 4 heteroatoms. The lowest BCUT2D eigenvalue weighted by Crippen LogP contribution is -2.44. The first-order valence-electron chi connectivity index (χ1n) is 8.10. The van der Waals surface area contributed by atoms with E-state index in [1.165, 1.54) is 13.0 Å². The van der Waals surface area contributed by atoms with Crippen molar-refractivity contribution >= 4 is 19.7 Å². The lowest BCUT2D eigenvalue weighted by atomic mass is 9.99. The number of carbonyl (C=O) groups excluding carboxylic acids is 1. The van der Waals surface area contributed by atoms with Crippen LogP contribution in [0.4, 0.5) is 4.39 Å². The van der Waals surface area contributed by atoms with Crippen LogP contribution in [0, 0.1) is 5.82 Å². The number of Topliss-reactive ketones (excluding diaryl/α,β-unsaturated/α-hetero) is 1. The summed E-state index contributed by atoms with van der Waals surface area (Å²) in [5, 5.41) is 0.0852. The molecule has 0 atom stereocenters. The van der Waals surface area contributed by atoms with E-state index in [1.54, 1.807) is 12.1 Å². The molecular weight excluding hydrogens is 307 g/mol. The van der Waals surface area contributed by atoms with Gasteiger partial charge in [-0.2, -0.15) is 0 Å². The molecule has 0 aliphatic heterocycles. The van der Waals surface area contributed by atoms with Gasteiger partial charge in [-0.3, -0.25) is 4.79 Å². The monoisotopic (exact) mass is 334 g/mol. The summed E-state index contributed by atoms with van der Waals surface area (Å²) >= 11 is 0. The lowest BCUT2D eigenvalue weighted by Gasteiger charge is -2.40. The van der Waals surface area contributed by atoms with Crippen LogP contribution in [0.3, 0.4) is 0 Å². The molecule has 0 spiro atoms. The van der Waals surface area contributed by atoms with Crippen molar-refractivity contribution in [3.63, 3.8) is 0 Å². The van der Waals surface area contributed by atoms with E-state index in [0.717, 1.165) is 12.8 Å². The van der Waals surface area contributed by atoms with Gasteiger partial charge in [0.2, 0.25) is 0 Å². The summed E-state index contributed by atoms with van der Waals surface area (Å²) in [7, 11) is -1.98. The van der Waals surface area contributed by atoms with Gasteiger partial charge < -0.3 is 4.43 Å². The van der Waals surface area contributed by atoms with Crippen LogP contribution in [0.25, 0.3) is 5.57 Å². The van der Waals surface area contributed by atoms with Crippen molar-refractivity contribution in [3.05, 3.63) is 41.7 Å². The Labute approximate surface area is 139 Å². The number of hydrogen-bond acceptors (Lipinski definition) is 2. The van der Waals surface area contributed by atoms with Gasteiger partial charge in [0.25, 0.3) is 0 Å². The first kappa shape index (κ1) is 18.1. The van der Waals surface area contributed by atoms with Crippen molar-refractivity contribution in [1.29, 1.82) is 0 Å². The molecule has 0 heterocycles. The minimum atomic E-state index is -1.98. The van der Waals surface area contributed by atoms with Gasteiger partial charge in [0, 0.05) is 11.1 Å². The standard InChI is InChI=1S/C19H27FO2Si/c1-13(14(2)21)15-8-9-16(17(20)12-15)19(10-11-19)22-23(6,7)18(3,4)5/h8-9,12H,1,10-11H2,2-7H3. The Balaban J connectivity index is 2.32. The van der Waals surface area contributed by atoms with Gasteiger partial charge >= 0.3 is 0 Å². The first-order valence-corrected chi connectivity index (χ1v) is 11.0. The second-order valence-electron chi connectivity index (χ2n) is 8.09. The van der Waals surface area contributed by atoms with Crippen molar-refractivity contribution < 1.29 is 13.6 Å². The predicted octanol–water partition coefficient (Wildman–Crippen LogP) is 5.44. The van der Waals surface area contributed by atoms with Gasteiger partial charge in [-0.15, -0.1) is 0 Å². The molecule has 1 aromatic carbocycles. The van der Waals surface area contributed by atoms with Crippen LogP contribution in [0.15, 0.2) is 24.8 Å². The molecule has 2 nitrogen and oxygen atoms in total. The molecule has 1 fully saturated rings. The minimum absolute atomic E-state index is 0.0852. The molecule has 1 saturated carbocycles. The van der Waals surface area contributed by atoms with Gasteiger partial charge in [0.15, 0.2) is 14.1 Å². The molecule has 23 heavy (non-hydrogen) atoms. The van der Waals surface area contributed by atoms with E-state index < -0.39 is 13.9 Å². The number of allylic oxidation sites excluding steroid dienone is 1. The van der Waals surface area contributed by atoms with Crippen molar-refractivity contribution in [2.24, 2.45) is 0 Å². The van der Waals surface area contributed by atoms with E-state index in [1.807, 2.05) is 0 Å². The third-order valence-corrected chi connectivity index (χ3v) is 9.71. The fraction of sp³-hybridized carbons (Fsp3) is 0.526. The molecule has 0 N–H and O–H groups in total. The Hall–Kier alpha value is -1.26. The number of carbonyl (C=O) groups is 1. The largest absolute Gasteiger partial charge is 0.407 e. The fourth-order valence-corrected chi connectivity index (χ4v) is 4.05. The maximum Gasteiger partial charge on any atom is 0.193 e. The average Bonchev–Trinajstić information content (AvgIpc) is 3.15. The molecule has 0 radical (unpaired) electrons. The van der Waals surface area contributed by atoms with Crippen molar-refractivity contribution in [2.45, 2.75) is 64.3 Å². The second kappa shape index (κ2) is 5.67. The Bertz CT molecular complexity index is 652. The number of benzene rings is 1. The predicted molar refractivity (Wildman–Crippen MR) is 95.3 cm³/mol. The quantitative estimate of drug-likeness (QED) is 0.529. The molecular formula is C19H27FO2Si. The number of hydrogen-bond donors (Lipinski definition) is 0. The summed E-state index contributed by atoms with van der Waals surface area (Å²) in [6.07, 6.45) is 1.70. The summed E-state index contributed by atoms with van der Waals surface area (Å²) in [6, 6.07) is 4.95. The zero-order chi connectivity index (χ0) is 17.6. The third-order valence-electron chi connectivity index (χ3n) is 5.19. The zero-order valence-electron chi connectivity index (χ0n) is 15.0. The topological polar surface area (TPSA) is 26.3 Å². The zero-order valence-corrected chi connectivity index (χ0v) is 16.0. The van der Waals surface area contributed by atoms with Crippen LogP contribution in [0.1, 0.15) is 51.7 Å². The normalized spacial score (nSPS) is 17.0. The highest BCUT2D eigenvalue weighted by Gasteiger charge is 2.53. The van der Waals surface area contributed by atoms with Crippen LogP contribution < -0.4 is 0 Å². The highest BCUT2D eigenvalue weighted by Crippen LogP contribution is 2.54. The third kappa shape index (κ3) is 3.48. The molecule has 0 bridgehead atoms. The number of ketones is 1. The van der Waals surface area contributed by atoms with E-state index in [4.69, 9.17) is 4.43 Å². The fourth-order valence-electron chi connectivity index (χ4n) is 2.46. The summed E-state index contributed by atoms with van der Waals surface area (Å²) in [5.74, 6) is -0.447. The molecule has 0 amide bonds. The van der Waals surface area contributed by atoms with Crippen LogP contribution >= 0.6 is 0 Å². The van der Waals surface area contributed by atoms with E-state index in [0.29, 0.717) is 16.7 Å². The van der Waals surface area contributed by atoms with E-state index >= 15 is 0 Å². The van der Waals surface area contributed by atoms with Crippen LogP contribution in [0.2, 0.25) is 18.1 Å². The smallest absolute Gasteiger partial charge is 0.193 e. The van der Waals surface area contributed by atoms with Crippen LogP contribution in [-0.4, -0.2) is 14.1 Å². The molecule has 126 valence electrons. The van der Waals surface area contributed by atoms with Crippen molar-refractivity contribution in [3.8, 4) is 0 Å². The highest BCUT2D eigenvalue weighted by molar-refractivity contribution is 6.74. The average molecular weight is 335 g/mol.